The van der Waals surface area contributed by atoms with Crippen LogP contribution >= 0.6 is 23.2 Å². The monoisotopic (exact) mass is 212 g/mol. The van der Waals surface area contributed by atoms with Crippen LogP contribution in [-0.2, 0) is 0 Å². The summed E-state index contributed by atoms with van der Waals surface area (Å²) in [5, 5.41) is 1.98. The third kappa shape index (κ3) is 1.43. The van der Waals surface area contributed by atoms with E-state index in [4.69, 9.17) is 28.9 Å². The van der Waals surface area contributed by atoms with Crippen LogP contribution in [0.2, 0.25) is 10.0 Å². The quantitative estimate of drug-likeness (QED) is 0.730. The molecule has 2 nitrogen and oxygen atoms in total. The molecule has 13 heavy (non-hydrogen) atoms. The lowest BCUT2D eigenvalue weighted by Gasteiger charge is -2.02. The number of aromatic nitrogens is 1. The first kappa shape index (κ1) is 8.60. The lowest BCUT2D eigenvalue weighted by molar-refractivity contribution is 1.41. The molecular formula is C9H6Cl2N2. The van der Waals surface area contributed by atoms with E-state index in [2.05, 4.69) is 4.98 Å². The number of pyridine rings is 1. The van der Waals surface area contributed by atoms with E-state index in [0.717, 1.165) is 5.39 Å². The van der Waals surface area contributed by atoms with Crippen LogP contribution in [0.3, 0.4) is 0 Å². The van der Waals surface area contributed by atoms with Gasteiger partial charge in [0.2, 0.25) is 0 Å². The molecule has 0 saturated carbocycles. The lowest BCUT2D eigenvalue weighted by Crippen LogP contribution is -1.88. The summed E-state index contributed by atoms with van der Waals surface area (Å²) in [6.07, 6.45) is 1.56. The fourth-order valence-electron chi connectivity index (χ4n) is 1.17. The first-order chi connectivity index (χ1) is 6.18. The minimum Gasteiger partial charge on any atom is -0.397 e. The van der Waals surface area contributed by atoms with Gasteiger partial charge in [0.1, 0.15) is 0 Å². The summed E-state index contributed by atoms with van der Waals surface area (Å²) in [5.74, 6) is 0. The lowest BCUT2D eigenvalue weighted by atomic mass is 10.2. The highest BCUT2D eigenvalue weighted by atomic mass is 35.5. The Bertz CT molecular complexity index is 468. The van der Waals surface area contributed by atoms with Crippen LogP contribution in [0, 0.1) is 0 Å². The standard InChI is InChI=1S/C9H6Cl2N2/c10-7-1-2-8(11)9-6(7)3-5(12)4-13-9/h1-4H,12H2. The van der Waals surface area contributed by atoms with E-state index < -0.39 is 0 Å². The second kappa shape index (κ2) is 3.05. The number of nitrogen functional groups attached to an aromatic ring is 1. The normalized spacial score (nSPS) is 10.6. The number of nitrogens with two attached hydrogens (primary N) is 1. The topological polar surface area (TPSA) is 38.9 Å². The Labute approximate surface area is 85.3 Å². The van der Waals surface area contributed by atoms with Gasteiger partial charge in [-0.25, -0.2) is 0 Å². The second-order valence-corrected chi connectivity index (χ2v) is 3.51. The summed E-state index contributed by atoms with van der Waals surface area (Å²) in [5.41, 5.74) is 6.84. The van der Waals surface area contributed by atoms with Crippen molar-refractivity contribution in [1.82, 2.24) is 4.98 Å². The van der Waals surface area contributed by atoms with E-state index in [1.165, 1.54) is 0 Å². The molecule has 66 valence electrons. The Balaban J connectivity index is 2.92. The average Bonchev–Trinajstić information content (AvgIpc) is 2.12. The Morgan fingerprint density at radius 2 is 1.85 bits per heavy atom. The molecule has 2 aromatic rings. The first-order valence-electron chi connectivity index (χ1n) is 3.68. The van der Waals surface area contributed by atoms with Crippen molar-refractivity contribution in [3.8, 4) is 0 Å². The number of rotatable bonds is 0. The highest BCUT2D eigenvalue weighted by molar-refractivity contribution is 6.39. The predicted molar refractivity (Wildman–Crippen MR) is 56.2 cm³/mol. The molecule has 0 fully saturated rings. The van der Waals surface area contributed by atoms with Gasteiger partial charge >= 0.3 is 0 Å². The van der Waals surface area contributed by atoms with Gasteiger partial charge in [0.25, 0.3) is 0 Å². The smallest absolute Gasteiger partial charge is 0.0904 e. The molecule has 0 amide bonds. The molecular weight excluding hydrogens is 207 g/mol. The summed E-state index contributed by atoms with van der Waals surface area (Å²) >= 11 is 11.9. The van der Waals surface area contributed by atoms with E-state index in [0.29, 0.717) is 21.2 Å². The van der Waals surface area contributed by atoms with Gasteiger partial charge in [-0.1, -0.05) is 23.2 Å². The number of benzene rings is 1. The molecule has 0 aliphatic rings. The summed E-state index contributed by atoms with van der Waals surface area (Å²) in [4.78, 5) is 4.10. The van der Waals surface area contributed by atoms with Crippen LogP contribution in [0.4, 0.5) is 5.69 Å². The van der Waals surface area contributed by atoms with Crippen LogP contribution in [0.1, 0.15) is 0 Å². The van der Waals surface area contributed by atoms with Crippen molar-refractivity contribution in [3.63, 3.8) is 0 Å². The van der Waals surface area contributed by atoms with E-state index in [1.807, 2.05) is 0 Å². The minimum absolute atomic E-state index is 0.580. The van der Waals surface area contributed by atoms with E-state index in [1.54, 1.807) is 24.4 Å². The molecule has 2 N–H and O–H groups in total. The van der Waals surface area contributed by atoms with E-state index >= 15 is 0 Å². The van der Waals surface area contributed by atoms with Crippen molar-refractivity contribution in [1.29, 1.82) is 0 Å². The van der Waals surface area contributed by atoms with Gasteiger partial charge in [0.15, 0.2) is 0 Å². The van der Waals surface area contributed by atoms with Crippen LogP contribution in [0.5, 0.6) is 0 Å². The van der Waals surface area contributed by atoms with Gasteiger partial charge in [-0.3, -0.25) is 4.98 Å². The van der Waals surface area contributed by atoms with Gasteiger partial charge in [-0.2, -0.15) is 0 Å². The molecule has 2 rings (SSSR count). The maximum absolute atomic E-state index is 5.95. The van der Waals surface area contributed by atoms with Crippen molar-refractivity contribution >= 4 is 39.8 Å². The fourth-order valence-corrected chi connectivity index (χ4v) is 1.59. The van der Waals surface area contributed by atoms with E-state index in [-0.39, 0.29) is 0 Å². The van der Waals surface area contributed by atoms with Crippen molar-refractivity contribution in [3.05, 3.63) is 34.4 Å². The molecule has 0 spiro atoms. The molecule has 0 radical (unpaired) electrons. The van der Waals surface area contributed by atoms with Gasteiger partial charge in [-0.15, -0.1) is 0 Å². The van der Waals surface area contributed by atoms with Gasteiger partial charge in [0.05, 0.1) is 27.4 Å². The van der Waals surface area contributed by atoms with Crippen LogP contribution in [0.15, 0.2) is 24.4 Å². The zero-order valence-electron chi connectivity index (χ0n) is 6.59. The Morgan fingerprint density at radius 1 is 1.15 bits per heavy atom. The van der Waals surface area contributed by atoms with Crippen LogP contribution < -0.4 is 5.73 Å². The number of anilines is 1. The molecule has 0 aliphatic heterocycles. The molecule has 0 saturated heterocycles. The molecule has 1 heterocycles. The van der Waals surface area contributed by atoms with Crippen molar-refractivity contribution in [2.75, 3.05) is 5.73 Å². The molecule has 4 heteroatoms. The Kier molecular flexibility index (Phi) is 2.02. The minimum atomic E-state index is 0.580. The first-order valence-corrected chi connectivity index (χ1v) is 4.43. The molecule has 1 aromatic heterocycles. The SMILES string of the molecule is Nc1cnc2c(Cl)ccc(Cl)c2c1. The summed E-state index contributed by atoms with van der Waals surface area (Å²) in [7, 11) is 0. The zero-order valence-corrected chi connectivity index (χ0v) is 8.10. The molecule has 0 unspecified atom stereocenters. The summed E-state index contributed by atoms with van der Waals surface area (Å²) in [6, 6.07) is 5.21. The summed E-state index contributed by atoms with van der Waals surface area (Å²) in [6.45, 7) is 0. The summed E-state index contributed by atoms with van der Waals surface area (Å²) < 4.78 is 0. The number of nitrogens with zero attached hydrogens (tertiary/aromatic N) is 1. The third-order valence-electron chi connectivity index (χ3n) is 1.77. The predicted octanol–water partition coefficient (Wildman–Crippen LogP) is 3.12. The maximum Gasteiger partial charge on any atom is 0.0904 e. The third-order valence-corrected chi connectivity index (χ3v) is 2.40. The van der Waals surface area contributed by atoms with Gasteiger partial charge in [-0.05, 0) is 18.2 Å². The highest BCUT2D eigenvalue weighted by Gasteiger charge is 2.04. The Hall–Kier alpha value is -0.990. The molecule has 0 aliphatic carbocycles. The molecule has 1 aromatic carbocycles. The van der Waals surface area contributed by atoms with Crippen molar-refractivity contribution < 1.29 is 0 Å². The number of halogens is 2. The molecule has 0 bridgehead atoms. The zero-order chi connectivity index (χ0) is 9.42. The second-order valence-electron chi connectivity index (χ2n) is 2.69. The van der Waals surface area contributed by atoms with Gasteiger partial charge in [0, 0.05) is 5.39 Å². The fraction of sp³-hybridized carbons (Fsp3) is 0. The maximum atomic E-state index is 5.95. The van der Waals surface area contributed by atoms with Crippen molar-refractivity contribution in [2.45, 2.75) is 0 Å². The number of fused-ring (bicyclic) bond motifs is 1. The number of hydrogen-bond acceptors (Lipinski definition) is 2. The van der Waals surface area contributed by atoms with Crippen molar-refractivity contribution in [2.24, 2.45) is 0 Å². The largest absolute Gasteiger partial charge is 0.397 e. The average molecular weight is 213 g/mol. The van der Waals surface area contributed by atoms with Gasteiger partial charge < -0.3 is 5.73 Å². The molecule has 0 atom stereocenters. The van der Waals surface area contributed by atoms with Crippen LogP contribution in [-0.4, -0.2) is 4.98 Å². The highest BCUT2D eigenvalue weighted by Crippen LogP contribution is 2.28. The number of hydrogen-bond donors (Lipinski definition) is 1. The Morgan fingerprint density at radius 3 is 2.62 bits per heavy atom. The van der Waals surface area contributed by atoms with Crippen LogP contribution in [0.25, 0.3) is 10.9 Å². The van der Waals surface area contributed by atoms with E-state index in [9.17, 15) is 0 Å².